The van der Waals surface area contributed by atoms with E-state index in [2.05, 4.69) is 5.16 Å². The van der Waals surface area contributed by atoms with E-state index < -0.39 is 0 Å². The number of fused-ring (bicyclic) bond motifs is 1. The Morgan fingerprint density at radius 3 is 2.15 bits per heavy atom. The minimum atomic E-state index is 0.776. The molecule has 0 fully saturated rings. The average Bonchev–Trinajstić information content (AvgIpc) is 2.37. The van der Waals surface area contributed by atoms with Crippen molar-refractivity contribution < 1.29 is 5.21 Å². The minimum absolute atomic E-state index is 0.776. The van der Waals surface area contributed by atoms with Crippen molar-refractivity contribution in [3.8, 4) is 0 Å². The van der Waals surface area contributed by atoms with Crippen LogP contribution in [-0.2, 0) is 0 Å². The van der Waals surface area contributed by atoms with Crippen LogP contribution in [0.5, 0.6) is 0 Å². The van der Waals surface area contributed by atoms with E-state index in [0.717, 1.165) is 20.4 Å². The van der Waals surface area contributed by atoms with Gasteiger partial charge in [0.15, 0.2) is 0 Å². The van der Waals surface area contributed by atoms with Crippen molar-refractivity contribution in [3.63, 3.8) is 0 Å². The van der Waals surface area contributed by atoms with Gasteiger partial charge in [0.05, 0.1) is 14.1 Å². The van der Waals surface area contributed by atoms with Crippen molar-refractivity contribution in [2.45, 2.75) is 8.42 Å². The number of oxime groups is 1. The Hall–Kier alpha value is 0.440. The fourth-order valence-corrected chi connectivity index (χ4v) is 6.91. The summed E-state index contributed by atoms with van der Waals surface area (Å²) in [4.78, 5) is 0. The highest BCUT2D eigenvalue weighted by molar-refractivity contribution is 8.07. The molecule has 0 radical (unpaired) electrons. The highest BCUT2D eigenvalue weighted by Crippen LogP contribution is 2.42. The van der Waals surface area contributed by atoms with Gasteiger partial charge in [-0.2, -0.15) is 0 Å². The lowest BCUT2D eigenvalue weighted by molar-refractivity contribution is 0.318. The first-order chi connectivity index (χ1) is 6.29. The molecule has 1 aliphatic rings. The third-order valence-electron chi connectivity index (χ3n) is 1.40. The summed E-state index contributed by atoms with van der Waals surface area (Å²) in [6.07, 6.45) is 0. The number of rotatable bonds is 0. The van der Waals surface area contributed by atoms with Crippen LogP contribution in [0.1, 0.15) is 0 Å². The molecule has 7 heteroatoms. The van der Waals surface area contributed by atoms with Crippen LogP contribution in [0, 0.1) is 3.14 Å². The van der Waals surface area contributed by atoms with Crippen LogP contribution in [0.3, 0.4) is 0 Å². The molecule has 0 aromatic carbocycles. The molecule has 1 aromatic heterocycles. The molecule has 0 spiro atoms. The first-order valence-corrected chi connectivity index (χ1v) is 7.40. The van der Waals surface area contributed by atoms with Gasteiger partial charge in [-0.15, -0.1) is 46.2 Å². The molecule has 0 bridgehead atoms. The van der Waals surface area contributed by atoms with E-state index >= 15 is 0 Å². The van der Waals surface area contributed by atoms with Crippen LogP contribution in [0.4, 0.5) is 0 Å². The maximum Gasteiger partial charge on any atom is 0.145 e. The van der Waals surface area contributed by atoms with Gasteiger partial charge in [-0.05, 0) is 0 Å². The van der Waals surface area contributed by atoms with Crippen molar-refractivity contribution in [1.29, 1.82) is 0 Å². The second-order valence-electron chi connectivity index (χ2n) is 2.27. The Balaban J connectivity index is 2.29. The molecule has 2 nitrogen and oxygen atoms in total. The Bertz CT molecular complexity index is 361. The summed E-state index contributed by atoms with van der Waals surface area (Å²) in [5.41, 5.74) is 0.844. The third-order valence-corrected chi connectivity index (χ3v) is 7.12. The maximum atomic E-state index is 8.63. The summed E-state index contributed by atoms with van der Waals surface area (Å²) in [6, 6.07) is 0. The maximum absolute atomic E-state index is 8.63. The molecule has 1 aliphatic heterocycles. The first kappa shape index (κ1) is 9.97. The number of hydrogen-bond donors (Lipinski definition) is 1. The summed E-state index contributed by atoms with van der Waals surface area (Å²) in [5.74, 6) is 1.55. The molecule has 0 atom stereocenters. The van der Waals surface area contributed by atoms with Crippen LogP contribution in [0.15, 0.2) is 13.6 Å². The second kappa shape index (κ2) is 4.31. The van der Waals surface area contributed by atoms with Gasteiger partial charge in [0.2, 0.25) is 0 Å². The van der Waals surface area contributed by atoms with Gasteiger partial charge >= 0.3 is 0 Å². The number of hydrogen-bond acceptors (Lipinski definition) is 7. The van der Waals surface area contributed by atoms with E-state index in [-0.39, 0.29) is 0 Å². The van der Waals surface area contributed by atoms with Crippen LogP contribution in [-0.4, -0.2) is 22.4 Å². The quantitative estimate of drug-likeness (QED) is 0.442. The normalized spacial score (nSPS) is 16.5. The number of thioether (sulfide) groups is 2. The van der Waals surface area contributed by atoms with Crippen molar-refractivity contribution in [3.05, 3.63) is 3.14 Å². The molecule has 70 valence electrons. The van der Waals surface area contributed by atoms with Crippen LogP contribution in [0.25, 0.3) is 0 Å². The lowest BCUT2D eigenvalue weighted by atomic mass is 10.5. The molecule has 0 saturated carbocycles. The van der Waals surface area contributed by atoms with Crippen LogP contribution >= 0.6 is 58.4 Å². The van der Waals surface area contributed by atoms with Crippen molar-refractivity contribution >= 4 is 64.1 Å². The Morgan fingerprint density at radius 1 is 1.15 bits per heavy atom. The summed E-state index contributed by atoms with van der Waals surface area (Å²) in [5, 5.41) is 11.9. The van der Waals surface area contributed by atoms with Gasteiger partial charge in [0, 0.05) is 11.5 Å². The molecule has 0 unspecified atom stereocenters. The molecule has 0 aliphatic carbocycles. The molecule has 2 heterocycles. The van der Waals surface area contributed by atoms with E-state index in [1.54, 1.807) is 46.2 Å². The molecule has 2 rings (SSSR count). The van der Waals surface area contributed by atoms with Gasteiger partial charge in [-0.25, -0.2) is 0 Å². The Morgan fingerprint density at radius 2 is 1.69 bits per heavy atom. The first-order valence-electron chi connectivity index (χ1n) is 3.39. The predicted octanol–water partition coefficient (Wildman–Crippen LogP) is 3.57. The van der Waals surface area contributed by atoms with E-state index in [1.165, 1.54) is 8.42 Å². The zero-order valence-electron chi connectivity index (χ0n) is 6.35. The Kier molecular flexibility index (Phi) is 3.31. The molecular weight excluding hydrogens is 262 g/mol. The van der Waals surface area contributed by atoms with Crippen LogP contribution < -0.4 is 0 Å². The minimum Gasteiger partial charge on any atom is -0.411 e. The summed E-state index contributed by atoms with van der Waals surface area (Å²) < 4.78 is 3.53. The molecule has 13 heavy (non-hydrogen) atoms. The topological polar surface area (TPSA) is 32.6 Å². The second-order valence-corrected chi connectivity index (χ2v) is 7.99. The van der Waals surface area contributed by atoms with Gasteiger partial charge in [0.1, 0.15) is 3.14 Å². The molecule has 1 N–H and O–H groups in total. The summed E-state index contributed by atoms with van der Waals surface area (Å²) >= 11 is 11.9. The molecule has 1 aromatic rings. The summed E-state index contributed by atoms with van der Waals surface area (Å²) in [7, 11) is 0. The standard InChI is InChI=1S/C6H5NOS5/c8-7-3-1-10-4-5(11-2-3)13-6(9)12-4/h8H,1-2H2. The van der Waals surface area contributed by atoms with E-state index in [4.69, 9.17) is 17.4 Å². The number of nitrogens with zero attached hydrogens (tertiary/aromatic N) is 1. The molecule has 0 amide bonds. The fourth-order valence-electron chi connectivity index (χ4n) is 0.829. The van der Waals surface area contributed by atoms with Crippen molar-refractivity contribution in [1.82, 2.24) is 0 Å². The van der Waals surface area contributed by atoms with Crippen LogP contribution in [0.2, 0.25) is 0 Å². The van der Waals surface area contributed by atoms with Gasteiger partial charge in [-0.3, -0.25) is 0 Å². The van der Waals surface area contributed by atoms with Gasteiger partial charge in [-0.1, -0.05) is 17.4 Å². The van der Waals surface area contributed by atoms with Gasteiger partial charge in [0.25, 0.3) is 0 Å². The zero-order valence-corrected chi connectivity index (χ0v) is 10.4. The predicted molar refractivity (Wildman–Crippen MR) is 63.7 cm³/mol. The monoisotopic (exact) mass is 267 g/mol. The molecular formula is C6H5NOS5. The zero-order chi connectivity index (χ0) is 9.26. The molecule has 0 saturated heterocycles. The van der Waals surface area contributed by atoms with E-state index in [9.17, 15) is 0 Å². The fraction of sp³-hybridized carbons (Fsp3) is 0.333. The van der Waals surface area contributed by atoms with E-state index in [0.29, 0.717) is 0 Å². The summed E-state index contributed by atoms with van der Waals surface area (Å²) in [6.45, 7) is 0. The van der Waals surface area contributed by atoms with Crippen molar-refractivity contribution in [2.75, 3.05) is 11.5 Å². The lowest BCUT2D eigenvalue weighted by Gasteiger charge is -1.94. The van der Waals surface area contributed by atoms with Crippen molar-refractivity contribution in [2.24, 2.45) is 5.16 Å². The highest BCUT2D eigenvalue weighted by atomic mass is 32.2. The Labute approximate surface area is 97.1 Å². The van der Waals surface area contributed by atoms with Gasteiger partial charge < -0.3 is 5.21 Å². The van der Waals surface area contributed by atoms with E-state index in [1.807, 2.05) is 0 Å². The lowest BCUT2D eigenvalue weighted by Crippen LogP contribution is -2.02. The third kappa shape index (κ3) is 2.27. The smallest absolute Gasteiger partial charge is 0.145 e. The largest absolute Gasteiger partial charge is 0.411 e. The highest BCUT2D eigenvalue weighted by Gasteiger charge is 2.15. The SMILES string of the molecule is ON=C1CSc2sc(=S)sc2SC1. The average molecular weight is 267 g/mol.